The van der Waals surface area contributed by atoms with Gasteiger partial charge in [0.2, 0.25) is 0 Å². The van der Waals surface area contributed by atoms with E-state index in [1.54, 1.807) is 0 Å². The Bertz CT molecular complexity index is 426. The minimum Gasteiger partial charge on any atom is -0.369 e. The van der Waals surface area contributed by atoms with E-state index in [-0.39, 0.29) is 0 Å². The summed E-state index contributed by atoms with van der Waals surface area (Å²) >= 11 is 0. The fraction of sp³-hybridized carbons (Fsp3) is 0.667. The zero-order chi connectivity index (χ0) is 14.7. The van der Waals surface area contributed by atoms with E-state index in [0.717, 1.165) is 19.0 Å². The Morgan fingerprint density at radius 1 is 0.952 bits per heavy atom. The van der Waals surface area contributed by atoms with Gasteiger partial charge in [-0.1, -0.05) is 17.7 Å². The molecule has 1 aliphatic heterocycles. The van der Waals surface area contributed by atoms with Gasteiger partial charge >= 0.3 is 0 Å². The van der Waals surface area contributed by atoms with Crippen molar-refractivity contribution in [2.24, 2.45) is 11.7 Å². The van der Waals surface area contributed by atoms with E-state index >= 15 is 0 Å². The van der Waals surface area contributed by atoms with Crippen molar-refractivity contribution in [2.45, 2.75) is 38.6 Å². The van der Waals surface area contributed by atoms with Crippen LogP contribution in [-0.2, 0) is 0 Å². The van der Waals surface area contributed by atoms with Crippen molar-refractivity contribution in [3.05, 3.63) is 29.8 Å². The predicted molar refractivity (Wildman–Crippen MR) is 89.8 cm³/mol. The van der Waals surface area contributed by atoms with Gasteiger partial charge in [0.05, 0.1) is 0 Å². The van der Waals surface area contributed by atoms with Gasteiger partial charge in [-0.05, 0) is 50.7 Å². The summed E-state index contributed by atoms with van der Waals surface area (Å²) in [4.78, 5) is 5.18. The molecule has 0 atom stereocenters. The van der Waals surface area contributed by atoms with Gasteiger partial charge in [-0.2, -0.15) is 0 Å². The smallest absolute Gasteiger partial charge is 0.0367 e. The van der Waals surface area contributed by atoms with Crippen LogP contribution in [0, 0.1) is 12.8 Å². The molecule has 1 aliphatic carbocycles. The van der Waals surface area contributed by atoms with Crippen molar-refractivity contribution in [2.75, 3.05) is 37.6 Å². The first-order chi connectivity index (χ1) is 10.2. The van der Waals surface area contributed by atoms with Crippen LogP contribution in [0.3, 0.4) is 0 Å². The van der Waals surface area contributed by atoms with Crippen LogP contribution >= 0.6 is 0 Å². The lowest BCUT2D eigenvalue weighted by molar-refractivity contribution is 0.186. The predicted octanol–water partition coefficient (Wildman–Crippen LogP) is 2.63. The van der Waals surface area contributed by atoms with Crippen molar-refractivity contribution >= 4 is 5.69 Å². The fourth-order valence-corrected chi connectivity index (χ4v) is 3.68. The normalized spacial score (nSPS) is 27.8. The first kappa shape index (κ1) is 14.9. The summed E-state index contributed by atoms with van der Waals surface area (Å²) in [5.74, 6) is 0.885. The number of benzene rings is 1. The van der Waals surface area contributed by atoms with E-state index < -0.39 is 0 Å². The van der Waals surface area contributed by atoms with E-state index in [4.69, 9.17) is 5.73 Å². The molecule has 0 amide bonds. The molecule has 1 saturated carbocycles. The van der Waals surface area contributed by atoms with Gasteiger partial charge in [0.15, 0.2) is 0 Å². The van der Waals surface area contributed by atoms with E-state index in [1.165, 1.54) is 56.6 Å². The molecule has 21 heavy (non-hydrogen) atoms. The summed E-state index contributed by atoms with van der Waals surface area (Å²) < 4.78 is 0. The molecule has 0 spiro atoms. The molecule has 1 aromatic rings. The number of piperazine rings is 1. The Morgan fingerprint density at radius 3 is 2.19 bits per heavy atom. The number of hydrogen-bond donors (Lipinski definition) is 1. The van der Waals surface area contributed by atoms with Gasteiger partial charge < -0.3 is 10.6 Å². The Kier molecular flexibility index (Phi) is 4.81. The van der Waals surface area contributed by atoms with Crippen molar-refractivity contribution < 1.29 is 0 Å². The van der Waals surface area contributed by atoms with Gasteiger partial charge in [0, 0.05) is 44.5 Å². The van der Waals surface area contributed by atoms with Crippen molar-refractivity contribution in [1.82, 2.24) is 4.90 Å². The Balaban J connectivity index is 1.45. The molecule has 0 bridgehead atoms. The molecule has 2 aliphatic rings. The summed E-state index contributed by atoms with van der Waals surface area (Å²) in [7, 11) is 0. The van der Waals surface area contributed by atoms with E-state index in [0.29, 0.717) is 6.04 Å². The molecule has 3 heteroatoms. The molecule has 3 rings (SSSR count). The van der Waals surface area contributed by atoms with Gasteiger partial charge in [-0.15, -0.1) is 0 Å². The Morgan fingerprint density at radius 2 is 1.57 bits per heavy atom. The minimum atomic E-state index is 0.472. The molecule has 2 fully saturated rings. The van der Waals surface area contributed by atoms with Crippen LogP contribution < -0.4 is 10.6 Å². The second-order valence-electron chi connectivity index (χ2n) is 6.90. The zero-order valence-electron chi connectivity index (χ0n) is 13.3. The van der Waals surface area contributed by atoms with Crippen molar-refractivity contribution in [3.8, 4) is 0 Å². The molecule has 1 aromatic carbocycles. The van der Waals surface area contributed by atoms with Gasteiger partial charge in [0.1, 0.15) is 0 Å². The topological polar surface area (TPSA) is 32.5 Å². The van der Waals surface area contributed by atoms with Crippen LogP contribution in [0.1, 0.15) is 31.2 Å². The maximum absolute atomic E-state index is 6.00. The lowest BCUT2D eigenvalue weighted by atomic mass is 9.86. The number of nitrogens with zero attached hydrogens (tertiary/aromatic N) is 2. The number of aryl methyl sites for hydroxylation is 1. The van der Waals surface area contributed by atoms with E-state index in [1.807, 2.05) is 0 Å². The molecule has 0 unspecified atom stereocenters. The summed E-state index contributed by atoms with van der Waals surface area (Å²) in [6.45, 7) is 8.17. The number of hydrogen-bond acceptors (Lipinski definition) is 3. The van der Waals surface area contributed by atoms with Crippen LogP contribution in [-0.4, -0.2) is 43.7 Å². The third-order valence-electron chi connectivity index (χ3n) is 5.18. The number of anilines is 1. The van der Waals surface area contributed by atoms with Crippen molar-refractivity contribution in [1.29, 1.82) is 0 Å². The molecule has 1 heterocycles. The van der Waals surface area contributed by atoms with E-state index in [2.05, 4.69) is 41.0 Å². The Labute approximate surface area is 129 Å². The van der Waals surface area contributed by atoms with Gasteiger partial charge in [-0.25, -0.2) is 0 Å². The van der Waals surface area contributed by atoms with Crippen LogP contribution in [0.15, 0.2) is 24.3 Å². The van der Waals surface area contributed by atoms with Crippen LogP contribution in [0.4, 0.5) is 5.69 Å². The SMILES string of the molecule is Cc1ccc(N2CCN(CC3CCC(N)CC3)CC2)cc1. The zero-order valence-corrected chi connectivity index (χ0v) is 13.3. The third-order valence-corrected chi connectivity index (χ3v) is 5.18. The number of rotatable bonds is 3. The maximum Gasteiger partial charge on any atom is 0.0367 e. The van der Waals surface area contributed by atoms with Crippen LogP contribution in [0.5, 0.6) is 0 Å². The molecule has 1 saturated heterocycles. The summed E-state index contributed by atoms with van der Waals surface area (Å²) in [5.41, 5.74) is 8.72. The van der Waals surface area contributed by atoms with Crippen LogP contribution in [0.25, 0.3) is 0 Å². The molecular formula is C18H29N3. The number of nitrogens with two attached hydrogens (primary N) is 1. The molecule has 2 N–H and O–H groups in total. The highest BCUT2D eigenvalue weighted by atomic mass is 15.3. The fourth-order valence-electron chi connectivity index (χ4n) is 3.68. The molecular weight excluding hydrogens is 258 g/mol. The highest BCUT2D eigenvalue weighted by molar-refractivity contribution is 5.47. The lowest BCUT2D eigenvalue weighted by Gasteiger charge is -2.38. The van der Waals surface area contributed by atoms with Crippen LogP contribution in [0.2, 0.25) is 0 Å². The Hall–Kier alpha value is -1.06. The minimum absolute atomic E-state index is 0.472. The summed E-state index contributed by atoms with van der Waals surface area (Å²) in [6, 6.07) is 9.42. The van der Waals surface area contributed by atoms with Gasteiger partial charge in [-0.3, -0.25) is 4.90 Å². The summed E-state index contributed by atoms with van der Waals surface area (Å²) in [5, 5.41) is 0. The highest BCUT2D eigenvalue weighted by Crippen LogP contribution is 2.25. The third kappa shape index (κ3) is 3.98. The average molecular weight is 287 g/mol. The lowest BCUT2D eigenvalue weighted by Crippen LogP contribution is -2.48. The quantitative estimate of drug-likeness (QED) is 0.927. The monoisotopic (exact) mass is 287 g/mol. The first-order valence-corrected chi connectivity index (χ1v) is 8.50. The highest BCUT2D eigenvalue weighted by Gasteiger charge is 2.23. The largest absolute Gasteiger partial charge is 0.369 e. The molecule has 116 valence electrons. The molecule has 0 aromatic heterocycles. The van der Waals surface area contributed by atoms with Gasteiger partial charge in [0.25, 0.3) is 0 Å². The molecule has 3 nitrogen and oxygen atoms in total. The summed E-state index contributed by atoms with van der Waals surface area (Å²) in [6.07, 6.45) is 5.13. The first-order valence-electron chi connectivity index (χ1n) is 8.50. The van der Waals surface area contributed by atoms with E-state index in [9.17, 15) is 0 Å². The molecule has 0 radical (unpaired) electrons. The average Bonchev–Trinajstić information content (AvgIpc) is 2.51. The second kappa shape index (κ2) is 6.80. The second-order valence-corrected chi connectivity index (χ2v) is 6.90. The standard InChI is InChI=1S/C18H29N3/c1-15-2-8-18(9-3-15)21-12-10-20(11-13-21)14-16-4-6-17(19)7-5-16/h2-3,8-9,16-17H,4-7,10-14,19H2,1H3. The van der Waals surface area contributed by atoms with Crippen molar-refractivity contribution in [3.63, 3.8) is 0 Å². The maximum atomic E-state index is 6.00.